The largest absolute Gasteiger partial charge is 0.489 e. The van der Waals surface area contributed by atoms with Gasteiger partial charge in [-0.3, -0.25) is 25.6 Å². The molecule has 1 aliphatic rings. The molecule has 234 valence electrons. The molecule has 2 rings (SSSR count). The zero-order chi connectivity index (χ0) is 30.3. The standard InChI is InChI=1S/C26H43N3O12/c1-26(2,3)27(24(30)18-36-12-14-39-28(32)33)16-21(41-25(31)19-37-13-15-40-29(34)35)17-38-23-11-7-6-10-22(23)20-8-4-5-9-20/h6-7,10-11,20-21,32-35H,4-5,8-9,12-19H2,1-3H3/t21-/m0/s1. The van der Waals surface area contributed by atoms with E-state index in [4.69, 9.17) is 39.8 Å². The van der Waals surface area contributed by atoms with Gasteiger partial charge in [-0.1, -0.05) is 31.0 Å². The van der Waals surface area contributed by atoms with E-state index in [9.17, 15) is 9.59 Å². The molecule has 0 aliphatic heterocycles. The number of carbonyl (C=O) groups excluding carboxylic acids is 2. The van der Waals surface area contributed by atoms with E-state index in [1.54, 1.807) is 0 Å². The van der Waals surface area contributed by atoms with Gasteiger partial charge in [-0.2, -0.15) is 0 Å². The summed E-state index contributed by atoms with van der Waals surface area (Å²) in [6.07, 6.45) is 3.61. The Morgan fingerprint density at radius 3 is 2.07 bits per heavy atom. The predicted molar refractivity (Wildman–Crippen MR) is 139 cm³/mol. The van der Waals surface area contributed by atoms with E-state index in [-0.39, 0.29) is 52.1 Å². The van der Waals surface area contributed by atoms with E-state index in [1.165, 1.54) is 4.90 Å². The van der Waals surface area contributed by atoms with Crippen LogP contribution in [0.15, 0.2) is 24.3 Å². The van der Waals surface area contributed by atoms with Crippen molar-refractivity contribution in [2.75, 3.05) is 52.8 Å². The first-order valence-electron chi connectivity index (χ1n) is 13.5. The summed E-state index contributed by atoms with van der Waals surface area (Å²) in [7, 11) is 0. The number of carbonyl (C=O) groups is 2. The van der Waals surface area contributed by atoms with Crippen LogP contribution in [0, 0.1) is 0 Å². The highest BCUT2D eigenvalue weighted by Gasteiger charge is 2.31. The van der Waals surface area contributed by atoms with E-state index in [0.29, 0.717) is 11.7 Å². The normalized spacial score (nSPS) is 15.0. The molecule has 1 atom stereocenters. The van der Waals surface area contributed by atoms with Gasteiger partial charge in [-0.05, 0) is 51.2 Å². The Bertz CT molecular complexity index is 906. The maximum Gasteiger partial charge on any atom is 0.332 e. The van der Waals surface area contributed by atoms with Crippen LogP contribution in [0.5, 0.6) is 5.75 Å². The van der Waals surface area contributed by atoms with Crippen LogP contribution >= 0.6 is 0 Å². The first kappa shape index (κ1) is 34.8. The third-order valence-corrected chi connectivity index (χ3v) is 6.25. The lowest BCUT2D eigenvalue weighted by Gasteiger charge is -2.38. The number of esters is 1. The number of hydrogen-bond acceptors (Lipinski definition) is 14. The van der Waals surface area contributed by atoms with E-state index >= 15 is 0 Å². The Balaban J connectivity index is 2.08. The highest BCUT2D eigenvalue weighted by atomic mass is 17.1. The van der Waals surface area contributed by atoms with Crippen LogP contribution in [0.3, 0.4) is 0 Å². The van der Waals surface area contributed by atoms with Crippen LogP contribution in [0.4, 0.5) is 0 Å². The molecule has 0 spiro atoms. The minimum absolute atomic E-state index is 0.00627. The van der Waals surface area contributed by atoms with E-state index in [0.717, 1.165) is 31.2 Å². The number of benzene rings is 1. The summed E-state index contributed by atoms with van der Waals surface area (Å²) in [5.41, 5.74) is 0.425. The van der Waals surface area contributed by atoms with E-state index in [1.807, 2.05) is 45.0 Å². The number of ether oxygens (including phenoxy) is 4. The lowest BCUT2D eigenvalue weighted by atomic mass is 9.97. The van der Waals surface area contributed by atoms with Crippen molar-refractivity contribution in [3.05, 3.63) is 29.8 Å². The summed E-state index contributed by atoms with van der Waals surface area (Å²) >= 11 is 0. The fourth-order valence-corrected chi connectivity index (χ4v) is 4.41. The van der Waals surface area contributed by atoms with Crippen molar-refractivity contribution < 1.29 is 59.0 Å². The van der Waals surface area contributed by atoms with Crippen molar-refractivity contribution in [1.29, 1.82) is 0 Å². The molecule has 1 aliphatic carbocycles. The molecule has 41 heavy (non-hydrogen) atoms. The molecule has 0 radical (unpaired) electrons. The second-order valence-electron chi connectivity index (χ2n) is 10.4. The van der Waals surface area contributed by atoms with Gasteiger partial charge < -0.3 is 23.8 Å². The number of rotatable bonds is 19. The van der Waals surface area contributed by atoms with E-state index < -0.39 is 35.0 Å². The molecule has 4 N–H and O–H groups in total. The second-order valence-corrected chi connectivity index (χ2v) is 10.4. The summed E-state index contributed by atoms with van der Waals surface area (Å²) in [5.74, 6) is -0.000171. The molecule has 0 aromatic heterocycles. The van der Waals surface area contributed by atoms with Gasteiger partial charge in [0.1, 0.15) is 25.6 Å². The van der Waals surface area contributed by atoms with Gasteiger partial charge in [-0.15, -0.1) is 0 Å². The van der Waals surface area contributed by atoms with Gasteiger partial charge in [-0.25, -0.2) is 14.5 Å². The monoisotopic (exact) mass is 589 g/mol. The maximum absolute atomic E-state index is 13.1. The molecule has 0 bridgehead atoms. The minimum Gasteiger partial charge on any atom is -0.489 e. The van der Waals surface area contributed by atoms with Crippen LogP contribution in [-0.4, -0.2) is 113 Å². The number of nitrogens with zero attached hydrogens (tertiary/aromatic N) is 3. The Morgan fingerprint density at radius 2 is 1.49 bits per heavy atom. The Labute approximate surface area is 239 Å². The van der Waals surface area contributed by atoms with Crippen LogP contribution in [-0.2, 0) is 33.5 Å². The van der Waals surface area contributed by atoms with Crippen molar-refractivity contribution in [2.24, 2.45) is 0 Å². The molecular weight excluding hydrogens is 546 g/mol. The smallest absolute Gasteiger partial charge is 0.332 e. The summed E-state index contributed by atoms with van der Waals surface area (Å²) < 4.78 is 22.3. The molecule has 1 aromatic rings. The highest BCUT2D eigenvalue weighted by Crippen LogP contribution is 2.38. The van der Waals surface area contributed by atoms with E-state index in [2.05, 4.69) is 9.68 Å². The average Bonchev–Trinajstić information content (AvgIpc) is 3.43. The first-order valence-corrected chi connectivity index (χ1v) is 13.5. The molecule has 1 aromatic carbocycles. The third-order valence-electron chi connectivity index (χ3n) is 6.25. The minimum atomic E-state index is -0.867. The fraction of sp³-hybridized carbons (Fsp3) is 0.692. The van der Waals surface area contributed by atoms with Crippen molar-refractivity contribution in [3.8, 4) is 5.75 Å². The van der Waals surface area contributed by atoms with Gasteiger partial charge >= 0.3 is 5.97 Å². The lowest BCUT2D eigenvalue weighted by Crippen LogP contribution is -2.52. The number of amides is 1. The zero-order valence-corrected chi connectivity index (χ0v) is 23.8. The van der Waals surface area contributed by atoms with Crippen molar-refractivity contribution in [2.45, 2.75) is 64.0 Å². The molecule has 0 unspecified atom stereocenters. The van der Waals surface area contributed by atoms with Crippen LogP contribution in [0.25, 0.3) is 0 Å². The van der Waals surface area contributed by atoms with Crippen molar-refractivity contribution in [1.82, 2.24) is 15.7 Å². The third kappa shape index (κ3) is 13.8. The van der Waals surface area contributed by atoms with Crippen molar-refractivity contribution >= 4 is 11.9 Å². The van der Waals surface area contributed by atoms with Crippen LogP contribution in [0.1, 0.15) is 57.9 Å². The quantitative estimate of drug-likeness (QED) is 0.105. The molecule has 15 heteroatoms. The molecular formula is C26H43N3O12. The SMILES string of the molecule is CC(C)(C)N(C[C@@H](COc1ccccc1C1CCCC1)OC(=O)COCCON(O)O)C(=O)COCCON(O)O. The Morgan fingerprint density at radius 1 is 0.902 bits per heavy atom. The van der Waals surface area contributed by atoms with Crippen LogP contribution < -0.4 is 4.74 Å². The molecule has 1 amide bonds. The fourth-order valence-electron chi connectivity index (χ4n) is 4.41. The van der Waals surface area contributed by atoms with Gasteiger partial charge in [0, 0.05) is 5.54 Å². The summed E-state index contributed by atoms with van der Waals surface area (Å²) in [6.45, 7) is 4.10. The van der Waals surface area contributed by atoms with Crippen LogP contribution in [0.2, 0.25) is 0 Å². The maximum atomic E-state index is 13.1. The second kappa shape index (κ2) is 18.2. The summed E-state index contributed by atoms with van der Waals surface area (Å²) in [5, 5.41) is 33.4. The molecule has 0 heterocycles. The van der Waals surface area contributed by atoms with Gasteiger partial charge in [0.2, 0.25) is 5.91 Å². The number of hydrogen-bond donors (Lipinski definition) is 4. The summed E-state index contributed by atoms with van der Waals surface area (Å²) in [6, 6.07) is 7.77. The molecule has 0 saturated heterocycles. The summed E-state index contributed by atoms with van der Waals surface area (Å²) in [4.78, 5) is 36.0. The molecule has 1 saturated carbocycles. The van der Waals surface area contributed by atoms with Gasteiger partial charge in [0.05, 0.1) is 43.8 Å². The van der Waals surface area contributed by atoms with Gasteiger partial charge in [0.15, 0.2) is 6.10 Å². The van der Waals surface area contributed by atoms with Crippen molar-refractivity contribution in [3.63, 3.8) is 0 Å². The topological polar surface area (TPSA) is 180 Å². The van der Waals surface area contributed by atoms with Gasteiger partial charge in [0.25, 0.3) is 0 Å². The zero-order valence-electron chi connectivity index (χ0n) is 23.8. The first-order chi connectivity index (χ1) is 19.5. The Kier molecular flexibility index (Phi) is 15.4. The molecule has 1 fully saturated rings. The highest BCUT2D eigenvalue weighted by molar-refractivity contribution is 5.78. The Hall–Kier alpha value is -2.44. The predicted octanol–water partition coefficient (Wildman–Crippen LogP) is 2.32. The number of para-hydroxylation sites is 1. The lowest BCUT2D eigenvalue weighted by molar-refractivity contribution is -0.493. The molecule has 15 nitrogen and oxygen atoms in total. The average molecular weight is 590 g/mol.